The van der Waals surface area contributed by atoms with Gasteiger partial charge in [-0.3, -0.25) is 5.41 Å². The van der Waals surface area contributed by atoms with E-state index in [0.29, 0.717) is 31.0 Å². The molecule has 2 rings (SSSR count). The molecule has 4 nitrogen and oxygen atoms in total. The number of ether oxygens (including phenoxy) is 1. The number of benzene rings is 2. The molecule has 0 saturated heterocycles. The third kappa shape index (κ3) is 6.73. The zero-order valence-corrected chi connectivity index (χ0v) is 18.4. The first kappa shape index (κ1) is 24.9. The first-order valence-corrected chi connectivity index (χ1v) is 10.2. The van der Waals surface area contributed by atoms with Gasteiger partial charge in [0.05, 0.1) is 11.5 Å². The van der Waals surface area contributed by atoms with E-state index >= 15 is 0 Å². The molecule has 160 valence electrons. The molecule has 0 aliphatic heterocycles. The van der Waals surface area contributed by atoms with Crippen LogP contribution in [0.5, 0.6) is 5.75 Å². The first-order chi connectivity index (χ1) is 14.5. The fourth-order valence-electron chi connectivity index (χ4n) is 3.00. The molecule has 0 amide bonds. The molecule has 0 aliphatic rings. The van der Waals surface area contributed by atoms with Gasteiger partial charge in [0.1, 0.15) is 18.6 Å². The Bertz CT molecular complexity index is 896. The summed E-state index contributed by atoms with van der Waals surface area (Å²) in [5, 5.41) is 10.4. The van der Waals surface area contributed by atoms with E-state index in [0.717, 1.165) is 23.0 Å². The lowest BCUT2D eigenvalue weighted by Crippen LogP contribution is -2.08. The van der Waals surface area contributed by atoms with Gasteiger partial charge >= 0.3 is 0 Å². The summed E-state index contributed by atoms with van der Waals surface area (Å²) in [4.78, 5) is 10.8. The van der Waals surface area contributed by atoms with E-state index in [1.807, 2.05) is 52.0 Å². The van der Waals surface area contributed by atoms with E-state index in [9.17, 15) is 9.18 Å². The first-order valence-electron chi connectivity index (χ1n) is 10.2. The average Bonchev–Trinajstić information content (AvgIpc) is 2.76. The van der Waals surface area contributed by atoms with Crippen LogP contribution in [-0.2, 0) is 11.4 Å². The highest BCUT2D eigenvalue weighted by atomic mass is 19.1. The number of anilines is 1. The minimum Gasteiger partial charge on any atom is -0.489 e. The minimum absolute atomic E-state index is 0.106. The molecule has 0 aromatic heterocycles. The smallest absolute Gasteiger partial charge is 0.214 e. The Labute approximate surface area is 179 Å². The van der Waals surface area contributed by atoms with Crippen LogP contribution in [0.2, 0.25) is 0 Å². The third-order valence-corrected chi connectivity index (χ3v) is 4.49. The van der Waals surface area contributed by atoms with Gasteiger partial charge in [0.15, 0.2) is 0 Å². The van der Waals surface area contributed by atoms with Gasteiger partial charge in [-0.15, -0.1) is 5.92 Å². The van der Waals surface area contributed by atoms with Gasteiger partial charge < -0.3 is 14.8 Å². The minimum atomic E-state index is -0.956. The zero-order chi connectivity index (χ0) is 22.5. The fourth-order valence-corrected chi connectivity index (χ4v) is 3.00. The lowest BCUT2D eigenvalue weighted by molar-refractivity contribution is -0.107. The highest BCUT2D eigenvalue weighted by Crippen LogP contribution is 2.27. The van der Waals surface area contributed by atoms with Crippen molar-refractivity contribution in [3.63, 3.8) is 0 Å². The second kappa shape index (κ2) is 13.2. The van der Waals surface area contributed by atoms with Crippen molar-refractivity contribution in [2.24, 2.45) is 0 Å². The van der Waals surface area contributed by atoms with E-state index in [1.54, 1.807) is 19.1 Å². The predicted octanol–water partition coefficient (Wildman–Crippen LogP) is 6.02. The van der Waals surface area contributed by atoms with Crippen LogP contribution in [0.25, 0.3) is 0 Å². The van der Waals surface area contributed by atoms with Crippen molar-refractivity contribution in [2.45, 2.75) is 53.6 Å². The van der Waals surface area contributed by atoms with Gasteiger partial charge in [0.2, 0.25) is 5.97 Å². The molecule has 0 fully saturated rings. The number of carbonyl (C=O) groups is 1. The van der Waals surface area contributed by atoms with Crippen molar-refractivity contribution in [1.82, 2.24) is 0 Å². The largest absolute Gasteiger partial charge is 0.489 e. The molecule has 30 heavy (non-hydrogen) atoms. The molecule has 0 saturated carbocycles. The molecule has 0 spiro atoms. The van der Waals surface area contributed by atoms with Crippen molar-refractivity contribution < 1.29 is 13.9 Å². The molecule has 0 radical (unpaired) electrons. The molecule has 5 heteroatoms. The third-order valence-electron chi connectivity index (χ3n) is 4.49. The van der Waals surface area contributed by atoms with Crippen molar-refractivity contribution in [2.75, 3.05) is 11.9 Å². The molecule has 0 aliphatic carbocycles. The van der Waals surface area contributed by atoms with Crippen LogP contribution in [-0.4, -0.2) is 18.8 Å². The standard InChI is InChI=1S/C23H25FN2O2.C2H6/c1-4-6-17(13-14-27)18-7-10-20(11-8-18)28-15-19-9-12-21(23(24)25)22(16(19)3)26-5-2;1-2/h7-12,14,17,25-26H,5,13,15H2,1-3H3;1-2H3/t17-;/m0./s1. The number of halogens is 1. The summed E-state index contributed by atoms with van der Waals surface area (Å²) in [5.41, 5.74) is 3.64. The fraction of sp³-hybridized carbons (Fsp3) is 0.360. The van der Waals surface area contributed by atoms with Crippen LogP contribution in [0, 0.1) is 24.2 Å². The second-order valence-electron chi connectivity index (χ2n) is 6.32. The lowest BCUT2D eigenvalue weighted by atomic mass is 9.97. The number of hydrogen-bond donors (Lipinski definition) is 2. The van der Waals surface area contributed by atoms with E-state index in [1.165, 1.54) is 0 Å². The normalized spacial score (nSPS) is 10.6. The molecule has 0 heterocycles. The van der Waals surface area contributed by atoms with Gasteiger partial charge in [-0.1, -0.05) is 38.0 Å². The SMILES string of the molecule is CC.CC#C[C@@H](CC=O)c1ccc(OCc2ccc(C(=N)F)c(NCC)c2C)cc1. The summed E-state index contributed by atoms with van der Waals surface area (Å²) in [6.07, 6.45) is 1.24. The number of hydrogen-bond acceptors (Lipinski definition) is 4. The molecule has 2 aromatic rings. The van der Waals surface area contributed by atoms with Crippen molar-refractivity contribution in [3.8, 4) is 17.6 Å². The molecule has 0 unspecified atom stereocenters. The summed E-state index contributed by atoms with van der Waals surface area (Å²) >= 11 is 0. The molecule has 1 atom stereocenters. The topological polar surface area (TPSA) is 62.2 Å². The molecule has 2 N–H and O–H groups in total. The van der Waals surface area contributed by atoms with E-state index in [2.05, 4.69) is 17.2 Å². The van der Waals surface area contributed by atoms with Crippen molar-refractivity contribution in [3.05, 3.63) is 58.7 Å². The Hall–Kier alpha value is -3.13. The monoisotopic (exact) mass is 410 g/mol. The molecule has 2 aromatic carbocycles. The Kier molecular flexibility index (Phi) is 10.9. The van der Waals surface area contributed by atoms with Crippen LogP contribution in [0.3, 0.4) is 0 Å². The molecular weight excluding hydrogens is 379 g/mol. The van der Waals surface area contributed by atoms with Crippen LogP contribution in [0.15, 0.2) is 36.4 Å². The number of rotatable bonds is 9. The second-order valence-corrected chi connectivity index (χ2v) is 6.32. The van der Waals surface area contributed by atoms with E-state index in [-0.39, 0.29) is 11.5 Å². The van der Waals surface area contributed by atoms with Gasteiger partial charge in [-0.25, -0.2) is 0 Å². The van der Waals surface area contributed by atoms with Crippen molar-refractivity contribution in [1.29, 1.82) is 5.41 Å². The van der Waals surface area contributed by atoms with Crippen LogP contribution in [0.4, 0.5) is 10.1 Å². The van der Waals surface area contributed by atoms with Gasteiger partial charge in [0.25, 0.3) is 0 Å². The van der Waals surface area contributed by atoms with Crippen LogP contribution >= 0.6 is 0 Å². The van der Waals surface area contributed by atoms with E-state index < -0.39 is 5.97 Å². The van der Waals surface area contributed by atoms with Gasteiger partial charge in [-0.2, -0.15) is 4.39 Å². The maximum Gasteiger partial charge on any atom is 0.214 e. The van der Waals surface area contributed by atoms with Crippen LogP contribution < -0.4 is 10.1 Å². The van der Waals surface area contributed by atoms with Gasteiger partial charge in [-0.05, 0) is 55.7 Å². The highest BCUT2D eigenvalue weighted by molar-refractivity contribution is 5.97. The molecule has 0 bridgehead atoms. The Morgan fingerprint density at radius 3 is 2.43 bits per heavy atom. The summed E-state index contributed by atoms with van der Waals surface area (Å²) in [7, 11) is 0. The summed E-state index contributed by atoms with van der Waals surface area (Å²) in [5.74, 6) is 5.54. The Morgan fingerprint density at radius 1 is 1.23 bits per heavy atom. The van der Waals surface area contributed by atoms with Crippen molar-refractivity contribution >= 4 is 17.9 Å². The van der Waals surface area contributed by atoms with Crippen LogP contribution in [0.1, 0.15) is 62.3 Å². The summed E-state index contributed by atoms with van der Waals surface area (Å²) in [6, 6.07) is 10.9. The van der Waals surface area contributed by atoms with Gasteiger partial charge in [0, 0.05) is 18.7 Å². The maximum atomic E-state index is 13.5. The number of carbonyl (C=O) groups excluding carboxylic acids is 1. The summed E-state index contributed by atoms with van der Waals surface area (Å²) in [6.45, 7) is 10.5. The molecular formula is C25H31FN2O2. The number of nitrogens with one attached hydrogen (secondary N) is 2. The van der Waals surface area contributed by atoms with E-state index in [4.69, 9.17) is 10.1 Å². The highest BCUT2D eigenvalue weighted by Gasteiger charge is 2.14. The predicted molar refractivity (Wildman–Crippen MR) is 122 cm³/mol. The zero-order valence-electron chi connectivity index (χ0n) is 18.4. The quantitative estimate of drug-likeness (QED) is 0.302. The average molecular weight is 411 g/mol. The maximum absolute atomic E-state index is 13.5. The number of aldehydes is 1. The summed E-state index contributed by atoms with van der Waals surface area (Å²) < 4.78 is 19.4. The Morgan fingerprint density at radius 2 is 1.90 bits per heavy atom. The lowest BCUT2D eigenvalue weighted by Gasteiger charge is -2.16. The Balaban J connectivity index is 0.00000218.